The summed E-state index contributed by atoms with van der Waals surface area (Å²) in [5, 5.41) is 2.87. The quantitative estimate of drug-likeness (QED) is 0.598. The molecule has 1 aliphatic rings. The van der Waals surface area contributed by atoms with E-state index in [-0.39, 0.29) is 0 Å². The first-order chi connectivity index (χ1) is 7.34. The third-order valence-electron chi connectivity index (χ3n) is 3.60. The van der Waals surface area contributed by atoms with Crippen molar-refractivity contribution in [3.63, 3.8) is 0 Å². The van der Waals surface area contributed by atoms with Gasteiger partial charge >= 0.3 is 0 Å². The minimum atomic E-state index is 0.850. The summed E-state index contributed by atoms with van der Waals surface area (Å²) in [5.41, 5.74) is 3.18. The SMILES string of the molecule is CC1CCc2ccc3ccccc3c2C1. The lowest BCUT2D eigenvalue weighted by atomic mass is 9.82. The van der Waals surface area contributed by atoms with E-state index in [1.807, 2.05) is 0 Å². The third-order valence-corrected chi connectivity index (χ3v) is 3.60. The molecule has 15 heavy (non-hydrogen) atoms. The molecule has 0 N–H and O–H groups in total. The third kappa shape index (κ3) is 1.45. The molecular weight excluding hydrogens is 180 g/mol. The lowest BCUT2D eigenvalue weighted by Gasteiger charge is -2.23. The molecule has 0 bridgehead atoms. The van der Waals surface area contributed by atoms with Gasteiger partial charge in [0, 0.05) is 0 Å². The first kappa shape index (κ1) is 8.96. The molecule has 0 aromatic heterocycles. The topological polar surface area (TPSA) is 0 Å². The van der Waals surface area contributed by atoms with Crippen LogP contribution in [0.5, 0.6) is 0 Å². The van der Waals surface area contributed by atoms with Crippen molar-refractivity contribution in [2.75, 3.05) is 0 Å². The summed E-state index contributed by atoms with van der Waals surface area (Å²) in [6.07, 6.45) is 3.88. The minimum absolute atomic E-state index is 0.850. The monoisotopic (exact) mass is 196 g/mol. The average Bonchev–Trinajstić information content (AvgIpc) is 2.29. The van der Waals surface area contributed by atoms with E-state index in [0.717, 1.165) is 5.92 Å². The molecule has 0 aliphatic heterocycles. The zero-order chi connectivity index (χ0) is 10.3. The van der Waals surface area contributed by atoms with Gasteiger partial charge in [-0.05, 0) is 47.1 Å². The van der Waals surface area contributed by atoms with Gasteiger partial charge in [0.15, 0.2) is 0 Å². The lowest BCUT2D eigenvalue weighted by molar-refractivity contribution is 0.504. The van der Waals surface area contributed by atoms with E-state index in [1.165, 1.54) is 30.0 Å². The maximum atomic E-state index is 2.37. The van der Waals surface area contributed by atoms with Crippen LogP contribution in [0.25, 0.3) is 10.8 Å². The first-order valence-electron chi connectivity index (χ1n) is 5.84. The van der Waals surface area contributed by atoms with E-state index >= 15 is 0 Å². The van der Waals surface area contributed by atoms with Crippen LogP contribution in [0.15, 0.2) is 36.4 Å². The van der Waals surface area contributed by atoms with Gasteiger partial charge in [0.05, 0.1) is 0 Å². The van der Waals surface area contributed by atoms with Crippen molar-refractivity contribution in [1.82, 2.24) is 0 Å². The summed E-state index contributed by atoms with van der Waals surface area (Å²) in [6, 6.07) is 13.4. The maximum Gasteiger partial charge on any atom is -0.0149 e. The normalized spacial score (nSPS) is 20.2. The van der Waals surface area contributed by atoms with Crippen molar-refractivity contribution in [3.8, 4) is 0 Å². The molecule has 0 heterocycles. The molecule has 0 fully saturated rings. The van der Waals surface area contributed by atoms with Gasteiger partial charge < -0.3 is 0 Å². The van der Waals surface area contributed by atoms with E-state index in [2.05, 4.69) is 43.3 Å². The summed E-state index contributed by atoms with van der Waals surface area (Å²) in [5.74, 6) is 0.850. The van der Waals surface area contributed by atoms with E-state index in [4.69, 9.17) is 0 Å². The molecule has 1 aliphatic carbocycles. The Morgan fingerprint density at radius 1 is 1.07 bits per heavy atom. The standard InChI is InChI=1S/C15H16/c1-11-6-7-13-9-8-12-4-2-3-5-14(12)15(13)10-11/h2-5,8-9,11H,6-7,10H2,1H3. The fourth-order valence-electron chi connectivity index (χ4n) is 2.71. The smallest absolute Gasteiger partial charge is 0.0149 e. The number of aryl methyl sites for hydroxylation is 1. The van der Waals surface area contributed by atoms with E-state index < -0.39 is 0 Å². The molecule has 76 valence electrons. The van der Waals surface area contributed by atoms with Gasteiger partial charge in [-0.2, -0.15) is 0 Å². The van der Waals surface area contributed by atoms with E-state index in [1.54, 1.807) is 11.1 Å². The summed E-state index contributed by atoms with van der Waals surface area (Å²) in [4.78, 5) is 0. The summed E-state index contributed by atoms with van der Waals surface area (Å²) < 4.78 is 0. The van der Waals surface area contributed by atoms with Crippen LogP contribution < -0.4 is 0 Å². The molecule has 0 saturated carbocycles. The number of hydrogen-bond acceptors (Lipinski definition) is 0. The van der Waals surface area contributed by atoms with Crippen LogP contribution in [0.3, 0.4) is 0 Å². The van der Waals surface area contributed by atoms with E-state index in [9.17, 15) is 0 Å². The van der Waals surface area contributed by atoms with Gasteiger partial charge in [-0.15, -0.1) is 0 Å². The average molecular weight is 196 g/mol. The van der Waals surface area contributed by atoms with Crippen LogP contribution in [-0.4, -0.2) is 0 Å². The predicted molar refractivity (Wildman–Crippen MR) is 65.1 cm³/mol. The Bertz CT molecular complexity index is 496. The van der Waals surface area contributed by atoms with Crippen LogP contribution in [0.1, 0.15) is 24.5 Å². The van der Waals surface area contributed by atoms with Gasteiger partial charge in [0.25, 0.3) is 0 Å². The van der Waals surface area contributed by atoms with Gasteiger partial charge in [-0.3, -0.25) is 0 Å². The maximum absolute atomic E-state index is 2.37. The second-order valence-corrected chi connectivity index (χ2v) is 4.77. The van der Waals surface area contributed by atoms with Gasteiger partial charge in [-0.25, -0.2) is 0 Å². The highest BCUT2D eigenvalue weighted by Gasteiger charge is 2.16. The van der Waals surface area contributed by atoms with Crippen LogP contribution in [0.4, 0.5) is 0 Å². The number of benzene rings is 2. The molecule has 3 rings (SSSR count). The zero-order valence-electron chi connectivity index (χ0n) is 9.16. The highest BCUT2D eigenvalue weighted by atomic mass is 14.2. The highest BCUT2D eigenvalue weighted by Crippen LogP contribution is 2.31. The van der Waals surface area contributed by atoms with Crippen molar-refractivity contribution in [1.29, 1.82) is 0 Å². The van der Waals surface area contributed by atoms with Crippen LogP contribution in [0.2, 0.25) is 0 Å². The van der Waals surface area contributed by atoms with Gasteiger partial charge in [-0.1, -0.05) is 43.3 Å². The largest absolute Gasteiger partial charge is 0.0622 e. The minimum Gasteiger partial charge on any atom is -0.0622 e. The number of rotatable bonds is 0. The Labute approximate surface area is 90.9 Å². The molecule has 0 heteroatoms. The molecule has 0 saturated heterocycles. The Hall–Kier alpha value is -1.30. The Morgan fingerprint density at radius 3 is 2.87 bits per heavy atom. The fraction of sp³-hybridized carbons (Fsp3) is 0.333. The molecule has 1 unspecified atom stereocenters. The fourth-order valence-corrected chi connectivity index (χ4v) is 2.71. The van der Waals surface area contributed by atoms with Crippen molar-refractivity contribution >= 4 is 10.8 Å². The lowest BCUT2D eigenvalue weighted by Crippen LogP contribution is -2.11. The van der Waals surface area contributed by atoms with Gasteiger partial charge in [0.2, 0.25) is 0 Å². The summed E-state index contributed by atoms with van der Waals surface area (Å²) >= 11 is 0. The van der Waals surface area contributed by atoms with Crippen LogP contribution in [0, 0.1) is 5.92 Å². The molecule has 1 atom stereocenters. The Kier molecular flexibility index (Phi) is 2.02. The highest BCUT2D eigenvalue weighted by molar-refractivity contribution is 5.87. The second-order valence-electron chi connectivity index (χ2n) is 4.77. The number of fused-ring (bicyclic) bond motifs is 3. The second kappa shape index (κ2) is 3.37. The molecular formula is C15H16. The van der Waals surface area contributed by atoms with Crippen molar-refractivity contribution in [3.05, 3.63) is 47.5 Å². The Morgan fingerprint density at radius 2 is 1.93 bits per heavy atom. The molecule has 2 aromatic rings. The van der Waals surface area contributed by atoms with Crippen molar-refractivity contribution in [2.45, 2.75) is 26.2 Å². The van der Waals surface area contributed by atoms with Crippen LogP contribution >= 0.6 is 0 Å². The summed E-state index contributed by atoms with van der Waals surface area (Å²) in [6.45, 7) is 2.37. The van der Waals surface area contributed by atoms with Crippen LogP contribution in [-0.2, 0) is 12.8 Å². The molecule has 0 radical (unpaired) electrons. The van der Waals surface area contributed by atoms with Crippen molar-refractivity contribution < 1.29 is 0 Å². The Balaban J connectivity index is 2.28. The molecule has 0 nitrogen and oxygen atoms in total. The van der Waals surface area contributed by atoms with Crippen molar-refractivity contribution in [2.24, 2.45) is 5.92 Å². The summed E-state index contributed by atoms with van der Waals surface area (Å²) in [7, 11) is 0. The number of hydrogen-bond donors (Lipinski definition) is 0. The molecule has 0 amide bonds. The molecule has 2 aromatic carbocycles. The van der Waals surface area contributed by atoms with E-state index in [0.29, 0.717) is 0 Å². The molecule has 0 spiro atoms. The van der Waals surface area contributed by atoms with Gasteiger partial charge in [0.1, 0.15) is 0 Å². The first-order valence-corrected chi connectivity index (χ1v) is 5.84. The zero-order valence-corrected chi connectivity index (χ0v) is 9.16. The predicted octanol–water partition coefficient (Wildman–Crippen LogP) is 3.96.